The third-order valence-electron chi connectivity index (χ3n) is 8.43. The van der Waals surface area contributed by atoms with Crippen molar-refractivity contribution in [2.45, 2.75) is 42.3 Å². The summed E-state index contributed by atoms with van der Waals surface area (Å²) >= 11 is 2.74. The predicted molar refractivity (Wildman–Crippen MR) is 192 cm³/mol. The number of aliphatic hydroxyl groups is 1. The molecule has 49 heavy (non-hydrogen) atoms. The summed E-state index contributed by atoms with van der Waals surface area (Å²) < 4.78 is 18.1. The Labute approximate surface area is 291 Å². The molecule has 7 rings (SSSR count). The van der Waals surface area contributed by atoms with Crippen molar-refractivity contribution in [1.82, 2.24) is 10.2 Å². The van der Waals surface area contributed by atoms with E-state index in [0.717, 1.165) is 35.6 Å². The number of rotatable bonds is 13. The number of unbranched alkanes of at least 4 members (excludes halogenated alkanes) is 2. The molecule has 0 saturated carbocycles. The van der Waals surface area contributed by atoms with Crippen molar-refractivity contribution in [1.29, 1.82) is 0 Å². The Hall–Kier alpha value is -5.13. The maximum absolute atomic E-state index is 14.2. The average molecular weight is 692 g/mol. The van der Waals surface area contributed by atoms with Gasteiger partial charge in [-0.15, -0.1) is 10.2 Å². The Bertz CT molecular complexity index is 2200. The van der Waals surface area contributed by atoms with E-state index < -0.39 is 23.5 Å². The summed E-state index contributed by atoms with van der Waals surface area (Å²) in [6.07, 6.45) is 3.01. The number of hydrogen-bond donors (Lipinski definition) is 1. The van der Waals surface area contributed by atoms with E-state index >= 15 is 0 Å². The van der Waals surface area contributed by atoms with Gasteiger partial charge in [0.25, 0.3) is 5.91 Å². The number of amides is 1. The van der Waals surface area contributed by atoms with Crippen molar-refractivity contribution >= 4 is 61.7 Å². The zero-order chi connectivity index (χ0) is 33.9. The Balaban J connectivity index is 1.23. The first-order valence-corrected chi connectivity index (χ1v) is 17.8. The van der Waals surface area contributed by atoms with Gasteiger partial charge < -0.3 is 19.0 Å². The molecule has 2 aromatic heterocycles. The van der Waals surface area contributed by atoms with Crippen LogP contribution < -0.4 is 14.4 Å². The Kier molecular flexibility index (Phi) is 9.36. The van der Waals surface area contributed by atoms with E-state index in [9.17, 15) is 14.7 Å². The van der Waals surface area contributed by atoms with Gasteiger partial charge >= 0.3 is 0 Å². The van der Waals surface area contributed by atoms with Gasteiger partial charge in [-0.2, -0.15) is 0 Å². The number of carbonyl (C=O) groups excluding carboxylic acids is 2. The molecule has 6 aromatic rings. The van der Waals surface area contributed by atoms with E-state index in [2.05, 4.69) is 41.4 Å². The topological polar surface area (TPSA) is 115 Å². The molecule has 1 amide bonds. The number of ether oxygens (including phenoxy) is 2. The standard InChI is InChI=1S/C38H33N3O6S2/c1-3-4-7-19-46-27-16-9-13-24(20-27)32-31(33(42)30-21-25-14-10-18-29(45-2)35(25)47-30)34(43)36(44)41(32)37-39-40-38(49-37)48-22-26-15-8-12-23-11-5-6-17-28(23)26/h5-6,8-18,20-21,32,43H,3-4,7,19,22H2,1-2H3. The van der Waals surface area contributed by atoms with Crippen LogP contribution in [0.25, 0.3) is 21.7 Å². The van der Waals surface area contributed by atoms with Gasteiger partial charge in [0.15, 0.2) is 27.2 Å². The highest BCUT2D eigenvalue weighted by Crippen LogP contribution is 2.45. The molecule has 1 atom stereocenters. The number of aromatic nitrogens is 2. The molecule has 0 radical (unpaired) electrons. The Morgan fingerprint density at radius 1 is 0.980 bits per heavy atom. The lowest BCUT2D eigenvalue weighted by atomic mass is 9.95. The number of hydrogen-bond acceptors (Lipinski definition) is 10. The summed E-state index contributed by atoms with van der Waals surface area (Å²) in [6.45, 7) is 2.66. The second kappa shape index (κ2) is 14.2. The smallest absolute Gasteiger partial charge is 0.296 e. The Morgan fingerprint density at radius 3 is 2.63 bits per heavy atom. The van der Waals surface area contributed by atoms with Crippen LogP contribution in [0, 0.1) is 0 Å². The van der Waals surface area contributed by atoms with Gasteiger partial charge in [-0.05, 0) is 52.6 Å². The Morgan fingerprint density at radius 2 is 1.78 bits per heavy atom. The molecule has 248 valence electrons. The zero-order valence-electron chi connectivity index (χ0n) is 26.9. The molecule has 0 spiro atoms. The second-order valence-corrected chi connectivity index (χ2v) is 13.7. The second-order valence-electron chi connectivity index (χ2n) is 11.6. The van der Waals surface area contributed by atoms with Crippen LogP contribution in [0.15, 0.2) is 111 Å². The molecular formula is C38H33N3O6S2. The highest BCUT2D eigenvalue weighted by atomic mass is 32.2. The molecule has 1 N–H and O–H groups in total. The van der Waals surface area contributed by atoms with E-state index in [-0.39, 0.29) is 16.5 Å². The first-order chi connectivity index (χ1) is 24.0. The number of carbonyl (C=O) groups is 2. The lowest BCUT2D eigenvalue weighted by Gasteiger charge is -2.24. The maximum Gasteiger partial charge on any atom is 0.296 e. The number of fused-ring (bicyclic) bond motifs is 2. The molecule has 0 bridgehead atoms. The number of ketones is 1. The van der Waals surface area contributed by atoms with E-state index in [0.29, 0.717) is 44.7 Å². The summed E-state index contributed by atoms with van der Waals surface area (Å²) in [5.74, 6) is -0.373. The van der Waals surface area contributed by atoms with Gasteiger partial charge in [-0.25, -0.2) is 0 Å². The molecule has 1 aliphatic rings. The summed E-state index contributed by atoms with van der Waals surface area (Å²) in [7, 11) is 1.52. The number of methoxy groups -OCH3 is 1. The maximum atomic E-state index is 14.2. The van der Waals surface area contributed by atoms with Gasteiger partial charge in [0.1, 0.15) is 5.75 Å². The summed E-state index contributed by atoms with van der Waals surface area (Å²) in [5.41, 5.74) is 2.00. The number of para-hydroxylation sites is 1. The quantitative estimate of drug-likeness (QED) is 0.0548. The van der Waals surface area contributed by atoms with E-state index in [1.165, 1.54) is 35.1 Å². The van der Waals surface area contributed by atoms with Crippen molar-refractivity contribution in [2.24, 2.45) is 0 Å². The largest absolute Gasteiger partial charge is 0.503 e. The van der Waals surface area contributed by atoms with E-state index in [1.54, 1.807) is 36.4 Å². The molecule has 3 heterocycles. The average Bonchev–Trinajstić information content (AvgIpc) is 3.85. The molecule has 4 aromatic carbocycles. The number of benzene rings is 4. The fourth-order valence-corrected chi connectivity index (χ4v) is 7.90. The van der Waals surface area contributed by atoms with Crippen LogP contribution in [0.5, 0.6) is 11.5 Å². The minimum atomic E-state index is -1.02. The molecule has 0 fully saturated rings. The molecule has 0 aliphatic carbocycles. The first kappa shape index (κ1) is 32.4. The fourth-order valence-electron chi connectivity index (χ4n) is 6.02. The number of furan rings is 1. The first-order valence-electron chi connectivity index (χ1n) is 16.0. The highest BCUT2D eigenvalue weighted by Gasteiger charge is 2.47. The van der Waals surface area contributed by atoms with E-state index in [4.69, 9.17) is 13.9 Å². The number of nitrogens with zero attached hydrogens (tertiary/aromatic N) is 3. The van der Waals surface area contributed by atoms with Crippen LogP contribution in [0.4, 0.5) is 5.13 Å². The van der Waals surface area contributed by atoms with E-state index in [1.807, 2.05) is 30.3 Å². The van der Waals surface area contributed by atoms with Crippen LogP contribution in [-0.4, -0.2) is 40.7 Å². The minimum absolute atomic E-state index is 0.0312. The van der Waals surface area contributed by atoms with Gasteiger partial charge in [-0.1, -0.05) is 110 Å². The molecule has 1 aliphatic heterocycles. The third kappa shape index (κ3) is 6.39. The van der Waals surface area contributed by atoms with Gasteiger partial charge in [-0.3, -0.25) is 14.5 Å². The number of thioether (sulfide) groups is 1. The SMILES string of the molecule is CCCCCOc1cccc(C2C(C(=O)c3cc4cccc(OC)c4o3)=C(O)C(=O)N2c2nnc(SCc3cccc4ccccc34)s2)c1. The van der Waals surface area contributed by atoms with Crippen LogP contribution in [-0.2, 0) is 10.5 Å². The number of aliphatic hydroxyl groups excluding tert-OH is 1. The number of Topliss-reactive ketones (excluding diaryl/α,β-unsaturated/α-hetero) is 1. The van der Waals surface area contributed by atoms with Crippen LogP contribution >= 0.6 is 23.1 Å². The fraction of sp³-hybridized carbons (Fsp3) is 0.211. The molecule has 9 nitrogen and oxygen atoms in total. The lowest BCUT2D eigenvalue weighted by Crippen LogP contribution is -2.31. The van der Waals surface area contributed by atoms with Gasteiger partial charge in [0.05, 0.1) is 25.3 Å². The molecule has 11 heteroatoms. The highest BCUT2D eigenvalue weighted by molar-refractivity contribution is 8.00. The summed E-state index contributed by atoms with van der Waals surface area (Å²) in [4.78, 5) is 29.5. The minimum Gasteiger partial charge on any atom is -0.503 e. The van der Waals surface area contributed by atoms with Crippen molar-refractivity contribution in [3.8, 4) is 11.5 Å². The number of anilines is 1. The lowest BCUT2D eigenvalue weighted by molar-refractivity contribution is -0.117. The van der Waals surface area contributed by atoms with Gasteiger partial charge in [0.2, 0.25) is 10.9 Å². The normalized spacial score (nSPS) is 14.7. The third-order valence-corrected chi connectivity index (χ3v) is 10.5. The zero-order valence-corrected chi connectivity index (χ0v) is 28.6. The molecular weight excluding hydrogens is 659 g/mol. The van der Waals surface area contributed by atoms with Crippen molar-refractivity contribution < 1.29 is 28.6 Å². The van der Waals surface area contributed by atoms with Crippen molar-refractivity contribution in [3.63, 3.8) is 0 Å². The summed E-state index contributed by atoms with van der Waals surface area (Å²) in [6, 6.07) is 27.5. The monoisotopic (exact) mass is 691 g/mol. The summed E-state index contributed by atoms with van der Waals surface area (Å²) in [5, 5.41) is 23.4. The van der Waals surface area contributed by atoms with Crippen LogP contribution in [0.1, 0.15) is 53.9 Å². The molecule has 1 unspecified atom stereocenters. The van der Waals surface area contributed by atoms with Crippen LogP contribution in [0.3, 0.4) is 0 Å². The van der Waals surface area contributed by atoms with Crippen molar-refractivity contribution in [3.05, 3.63) is 119 Å². The predicted octanol–water partition coefficient (Wildman–Crippen LogP) is 9.09. The van der Waals surface area contributed by atoms with Crippen molar-refractivity contribution in [2.75, 3.05) is 18.6 Å². The van der Waals surface area contributed by atoms with Crippen LogP contribution in [0.2, 0.25) is 0 Å². The molecule has 0 saturated heterocycles. The van der Waals surface area contributed by atoms with Gasteiger partial charge in [0, 0.05) is 11.1 Å².